The summed E-state index contributed by atoms with van der Waals surface area (Å²) in [6, 6.07) is 0.625. The monoisotopic (exact) mass is 259 g/mol. The Bertz CT molecular complexity index is 205. The van der Waals surface area contributed by atoms with Crippen LogP contribution in [0.2, 0.25) is 0 Å². The second-order valence-electron chi connectivity index (χ2n) is 4.70. The lowest BCUT2D eigenvalue weighted by Crippen LogP contribution is -2.37. The molecule has 0 unspecified atom stereocenters. The molecule has 0 aliphatic rings. The molecule has 0 aromatic heterocycles. The van der Waals surface area contributed by atoms with Crippen LogP contribution in [0.25, 0.3) is 0 Å². The molecule has 4 heteroatoms. The van der Waals surface area contributed by atoms with Crippen LogP contribution in [0.1, 0.15) is 52.4 Å². The Morgan fingerprint density at radius 2 is 1.83 bits per heavy atom. The van der Waals surface area contributed by atoms with Crippen LogP contribution < -0.4 is 0 Å². The topological polar surface area (TPSA) is 49.8 Å². The Balaban J connectivity index is 3.88. The van der Waals surface area contributed by atoms with Gasteiger partial charge in [-0.1, -0.05) is 20.3 Å². The lowest BCUT2D eigenvalue weighted by Gasteiger charge is -2.30. The molecular weight excluding hydrogens is 230 g/mol. The van der Waals surface area contributed by atoms with E-state index < -0.39 is 5.97 Å². The Morgan fingerprint density at radius 1 is 1.17 bits per heavy atom. The molecule has 0 atom stereocenters. The third kappa shape index (κ3) is 8.48. The molecule has 0 saturated heterocycles. The Kier molecular flexibility index (Phi) is 11.1. The summed E-state index contributed by atoms with van der Waals surface area (Å²) < 4.78 is 5.15. The van der Waals surface area contributed by atoms with E-state index in [1.165, 1.54) is 0 Å². The molecular formula is C14H29NO3. The predicted octanol–water partition coefficient (Wildman–Crippen LogP) is 2.77. The van der Waals surface area contributed by atoms with E-state index in [1.54, 1.807) is 7.11 Å². The van der Waals surface area contributed by atoms with E-state index in [2.05, 4.69) is 18.7 Å². The van der Waals surface area contributed by atoms with Gasteiger partial charge >= 0.3 is 5.97 Å². The van der Waals surface area contributed by atoms with Crippen molar-refractivity contribution in [3.05, 3.63) is 0 Å². The molecule has 0 aliphatic carbocycles. The average Bonchev–Trinajstić information content (AvgIpc) is 2.35. The second-order valence-corrected chi connectivity index (χ2v) is 4.70. The summed E-state index contributed by atoms with van der Waals surface area (Å²) in [6.45, 7) is 7.24. The van der Waals surface area contributed by atoms with Gasteiger partial charge in [-0.05, 0) is 32.2 Å². The first kappa shape index (κ1) is 17.4. The smallest absolute Gasteiger partial charge is 0.303 e. The highest BCUT2D eigenvalue weighted by Gasteiger charge is 2.14. The minimum Gasteiger partial charge on any atom is -0.481 e. The highest BCUT2D eigenvalue weighted by atomic mass is 16.5. The molecule has 0 radical (unpaired) electrons. The molecule has 0 saturated carbocycles. The fourth-order valence-electron chi connectivity index (χ4n) is 2.26. The van der Waals surface area contributed by atoms with Gasteiger partial charge in [-0.2, -0.15) is 0 Å². The standard InChI is InChI=1S/C14H29NO3/c1-4-13(5-2)15(11-12-18-3)10-8-6-7-9-14(16)17/h13H,4-12H2,1-3H3,(H,16,17). The summed E-state index contributed by atoms with van der Waals surface area (Å²) in [5, 5.41) is 8.58. The van der Waals surface area contributed by atoms with Crippen LogP contribution in [0, 0.1) is 0 Å². The fraction of sp³-hybridized carbons (Fsp3) is 0.929. The number of methoxy groups -OCH3 is 1. The predicted molar refractivity (Wildman–Crippen MR) is 73.9 cm³/mol. The van der Waals surface area contributed by atoms with Gasteiger partial charge in [0.2, 0.25) is 0 Å². The van der Waals surface area contributed by atoms with E-state index in [0.717, 1.165) is 51.8 Å². The van der Waals surface area contributed by atoms with Crippen LogP contribution in [0.4, 0.5) is 0 Å². The molecule has 0 fully saturated rings. The van der Waals surface area contributed by atoms with Crippen molar-refractivity contribution in [3.8, 4) is 0 Å². The van der Waals surface area contributed by atoms with Gasteiger partial charge in [0.25, 0.3) is 0 Å². The number of unbranched alkanes of at least 4 members (excludes halogenated alkanes) is 2. The molecule has 0 rings (SSSR count). The van der Waals surface area contributed by atoms with Gasteiger partial charge in [0, 0.05) is 26.1 Å². The summed E-state index contributed by atoms with van der Waals surface area (Å²) in [5.41, 5.74) is 0. The molecule has 0 amide bonds. The van der Waals surface area contributed by atoms with Gasteiger partial charge < -0.3 is 9.84 Å². The minimum atomic E-state index is -0.689. The maximum Gasteiger partial charge on any atom is 0.303 e. The normalized spacial score (nSPS) is 11.4. The molecule has 0 spiro atoms. The Labute approximate surface area is 111 Å². The number of carbonyl (C=O) groups is 1. The van der Waals surface area contributed by atoms with Gasteiger partial charge in [0.05, 0.1) is 6.61 Å². The van der Waals surface area contributed by atoms with Crippen molar-refractivity contribution in [2.45, 2.75) is 58.4 Å². The summed E-state index contributed by atoms with van der Waals surface area (Å²) >= 11 is 0. The molecule has 4 nitrogen and oxygen atoms in total. The van der Waals surface area contributed by atoms with Gasteiger partial charge in [0.1, 0.15) is 0 Å². The van der Waals surface area contributed by atoms with Crippen molar-refractivity contribution in [2.75, 3.05) is 26.8 Å². The quantitative estimate of drug-likeness (QED) is 0.548. The van der Waals surface area contributed by atoms with Gasteiger partial charge in [0.15, 0.2) is 0 Å². The number of hydrogen-bond donors (Lipinski definition) is 1. The van der Waals surface area contributed by atoms with E-state index in [4.69, 9.17) is 9.84 Å². The van der Waals surface area contributed by atoms with Crippen LogP contribution >= 0.6 is 0 Å². The number of carboxylic acids is 1. The van der Waals surface area contributed by atoms with Crippen molar-refractivity contribution >= 4 is 5.97 Å². The van der Waals surface area contributed by atoms with E-state index in [9.17, 15) is 4.79 Å². The number of hydrogen-bond acceptors (Lipinski definition) is 3. The van der Waals surface area contributed by atoms with Crippen molar-refractivity contribution in [1.82, 2.24) is 4.90 Å². The van der Waals surface area contributed by atoms with Gasteiger partial charge in [-0.25, -0.2) is 0 Å². The van der Waals surface area contributed by atoms with Crippen LogP contribution in [-0.4, -0.2) is 48.8 Å². The van der Waals surface area contributed by atoms with Crippen molar-refractivity contribution in [1.29, 1.82) is 0 Å². The van der Waals surface area contributed by atoms with Gasteiger partial charge in [-0.3, -0.25) is 9.69 Å². The summed E-state index contributed by atoms with van der Waals surface area (Å²) in [6.07, 6.45) is 5.48. The number of carboxylic acid groups (broad SMARTS) is 1. The minimum absolute atomic E-state index is 0.295. The molecule has 0 aliphatic heterocycles. The third-order valence-electron chi connectivity index (χ3n) is 3.38. The second kappa shape index (κ2) is 11.5. The highest BCUT2D eigenvalue weighted by Crippen LogP contribution is 2.11. The van der Waals surface area contributed by atoms with Crippen molar-refractivity contribution in [2.24, 2.45) is 0 Å². The number of aliphatic carboxylic acids is 1. The maximum absolute atomic E-state index is 10.4. The molecule has 108 valence electrons. The fourth-order valence-corrected chi connectivity index (χ4v) is 2.26. The molecule has 0 aromatic carbocycles. The van der Waals surface area contributed by atoms with Crippen molar-refractivity contribution in [3.63, 3.8) is 0 Å². The van der Waals surface area contributed by atoms with E-state index in [0.29, 0.717) is 12.5 Å². The van der Waals surface area contributed by atoms with E-state index in [1.807, 2.05) is 0 Å². The highest BCUT2D eigenvalue weighted by molar-refractivity contribution is 5.66. The first-order chi connectivity index (χ1) is 8.65. The zero-order valence-electron chi connectivity index (χ0n) is 12.2. The molecule has 0 aromatic rings. The SMILES string of the molecule is CCC(CC)N(CCCCCC(=O)O)CCOC. The maximum atomic E-state index is 10.4. The lowest BCUT2D eigenvalue weighted by molar-refractivity contribution is -0.137. The zero-order chi connectivity index (χ0) is 13.8. The first-order valence-electron chi connectivity index (χ1n) is 7.10. The lowest BCUT2D eigenvalue weighted by atomic mass is 10.1. The molecule has 0 heterocycles. The summed E-state index contributed by atoms with van der Waals surface area (Å²) in [4.78, 5) is 12.9. The van der Waals surface area contributed by atoms with Crippen molar-refractivity contribution < 1.29 is 14.6 Å². The van der Waals surface area contributed by atoms with Gasteiger partial charge in [-0.15, -0.1) is 0 Å². The third-order valence-corrected chi connectivity index (χ3v) is 3.38. The Morgan fingerprint density at radius 3 is 2.33 bits per heavy atom. The Hall–Kier alpha value is -0.610. The molecule has 18 heavy (non-hydrogen) atoms. The van der Waals surface area contributed by atoms with Crippen LogP contribution in [-0.2, 0) is 9.53 Å². The number of nitrogens with zero attached hydrogens (tertiary/aromatic N) is 1. The summed E-state index contributed by atoms with van der Waals surface area (Å²) in [7, 11) is 1.73. The first-order valence-corrected chi connectivity index (χ1v) is 7.10. The van der Waals surface area contributed by atoms with E-state index >= 15 is 0 Å². The van der Waals surface area contributed by atoms with E-state index in [-0.39, 0.29) is 0 Å². The zero-order valence-corrected chi connectivity index (χ0v) is 12.2. The largest absolute Gasteiger partial charge is 0.481 e. The van der Waals surface area contributed by atoms with Crippen LogP contribution in [0.5, 0.6) is 0 Å². The van der Waals surface area contributed by atoms with Crippen LogP contribution in [0.15, 0.2) is 0 Å². The number of ether oxygens (including phenoxy) is 1. The molecule has 0 bridgehead atoms. The molecule has 1 N–H and O–H groups in total. The average molecular weight is 259 g/mol. The van der Waals surface area contributed by atoms with Crippen LogP contribution in [0.3, 0.4) is 0 Å². The summed E-state index contributed by atoms with van der Waals surface area (Å²) in [5.74, 6) is -0.689. The number of rotatable bonds is 12.